The first-order valence-electron chi connectivity index (χ1n) is 7.89. The van der Waals surface area contributed by atoms with E-state index in [1.165, 1.54) is 18.2 Å². The number of halogens is 3. The molecule has 6 heteroatoms. The van der Waals surface area contributed by atoms with Crippen molar-refractivity contribution >= 4 is 29.1 Å². The first-order valence-corrected chi connectivity index (χ1v) is 8.64. The lowest BCUT2D eigenvalue weighted by molar-refractivity contribution is -0.119. The number of hydrogen-bond acceptors (Lipinski definition) is 2. The predicted molar refractivity (Wildman–Crippen MR) is 102 cm³/mol. The van der Waals surface area contributed by atoms with Crippen molar-refractivity contribution in [3.8, 4) is 11.1 Å². The number of pyridine rings is 1. The maximum Gasteiger partial charge on any atom is 0.225 e. The largest absolute Gasteiger partial charge is 0.369 e. The van der Waals surface area contributed by atoms with Gasteiger partial charge >= 0.3 is 0 Å². The summed E-state index contributed by atoms with van der Waals surface area (Å²) in [7, 11) is 0. The highest BCUT2D eigenvalue weighted by Gasteiger charge is 2.21. The van der Waals surface area contributed by atoms with Gasteiger partial charge in [-0.2, -0.15) is 0 Å². The minimum absolute atomic E-state index is 0.308. The Morgan fingerprint density at radius 3 is 2.62 bits per heavy atom. The minimum atomic E-state index is -0.607. The fourth-order valence-corrected chi connectivity index (χ4v) is 3.26. The molecule has 0 aliphatic heterocycles. The molecule has 1 heterocycles. The molecule has 0 aliphatic carbocycles. The quantitative estimate of drug-likeness (QED) is 0.667. The molecule has 26 heavy (non-hydrogen) atoms. The molecule has 3 aromatic rings. The van der Waals surface area contributed by atoms with Gasteiger partial charge in [0, 0.05) is 33.6 Å². The number of carbonyl (C=O) groups excluding carboxylic acids is 1. The Labute approximate surface area is 160 Å². The van der Waals surface area contributed by atoms with E-state index in [4.69, 9.17) is 28.9 Å². The van der Waals surface area contributed by atoms with Gasteiger partial charge in [0.2, 0.25) is 5.91 Å². The van der Waals surface area contributed by atoms with Crippen LogP contribution in [0.1, 0.15) is 17.0 Å². The van der Waals surface area contributed by atoms with Crippen LogP contribution < -0.4 is 5.73 Å². The molecule has 0 radical (unpaired) electrons. The van der Waals surface area contributed by atoms with Gasteiger partial charge in [-0.25, -0.2) is 4.39 Å². The molecule has 132 valence electrons. The Balaban J connectivity index is 1.96. The summed E-state index contributed by atoms with van der Waals surface area (Å²) >= 11 is 12.2. The van der Waals surface area contributed by atoms with E-state index in [1.807, 2.05) is 0 Å². The standard InChI is InChI=1S/C20H15Cl2FN2O/c21-14-5-6-19(23)16(9-14)13-7-12(10-25-11-13)8-17(20(24)26)15-3-1-2-4-18(15)22/h1-7,9-11,17H,8H2,(H2,24,26). The van der Waals surface area contributed by atoms with E-state index in [0.29, 0.717) is 33.2 Å². The molecule has 1 amide bonds. The van der Waals surface area contributed by atoms with Crippen LogP contribution in [0.25, 0.3) is 11.1 Å². The number of aromatic nitrogens is 1. The molecular weight excluding hydrogens is 374 g/mol. The summed E-state index contributed by atoms with van der Waals surface area (Å²) in [5, 5.41) is 0.902. The average molecular weight is 389 g/mol. The van der Waals surface area contributed by atoms with Gasteiger partial charge in [0.1, 0.15) is 5.82 Å². The first kappa shape index (κ1) is 18.4. The summed E-state index contributed by atoms with van der Waals surface area (Å²) in [5.41, 5.74) is 7.90. The van der Waals surface area contributed by atoms with Crippen molar-refractivity contribution < 1.29 is 9.18 Å². The van der Waals surface area contributed by atoms with E-state index in [0.717, 1.165) is 5.56 Å². The Kier molecular flexibility index (Phi) is 5.55. The number of benzene rings is 2. The zero-order valence-electron chi connectivity index (χ0n) is 13.6. The number of carbonyl (C=O) groups is 1. The Hall–Kier alpha value is -2.43. The van der Waals surface area contributed by atoms with E-state index in [9.17, 15) is 9.18 Å². The highest BCUT2D eigenvalue weighted by Crippen LogP contribution is 2.30. The van der Waals surface area contributed by atoms with Gasteiger partial charge in [0.05, 0.1) is 5.92 Å². The lowest BCUT2D eigenvalue weighted by Gasteiger charge is -2.16. The fourth-order valence-electron chi connectivity index (χ4n) is 2.82. The molecule has 0 saturated heterocycles. The molecule has 2 N–H and O–H groups in total. The number of hydrogen-bond donors (Lipinski definition) is 1. The minimum Gasteiger partial charge on any atom is -0.369 e. The summed E-state index contributed by atoms with van der Waals surface area (Å²) in [6.07, 6.45) is 3.48. The normalized spacial score (nSPS) is 12.0. The Morgan fingerprint density at radius 2 is 1.88 bits per heavy atom. The Bertz CT molecular complexity index is 962. The molecule has 3 rings (SSSR count). The third-order valence-corrected chi connectivity index (χ3v) is 4.68. The van der Waals surface area contributed by atoms with Crippen molar-refractivity contribution in [2.75, 3.05) is 0 Å². The van der Waals surface area contributed by atoms with Crippen LogP contribution in [0, 0.1) is 5.82 Å². The number of nitrogens with two attached hydrogens (primary N) is 1. The van der Waals surface area contributed by atoms with Crippen LogP contribution in [0.4, 0.5) is 4.39 Å². The first-order chi connectivity index (χ1) is 12.5. The summed E-state index contributed by atoms with van der Waals surface area (Å²) in [5.74, 6) is -1.49. The highest BCUT2D eigenvalue weighted by molar-refractivity contribution is 6.31. The number of nitrogens with zero attached hydrogens (tertiary/aromatic N) is 1. The van der Waals surface area contributed by atoms with Crippen molar-refractivity contribution in [1.82, 2.24) is 4.98 Å². The van der Waals surface area contributed by atoms with E-state index < -0.39 is 17.6 Å². The van der Waals surface area contributed by atoms with Gasteiger partial charge in [-0.3, -0.25) is 9.78 Å². The number of amides is 1. The molecule has 1 unspecified atom stereocenters. The van der Waals surface area contributed by atoms with Gasteiger partial charge in [-0.15, -0.1) is 0 Å². The lowest BCUT2D eigenvalue weighted by atomic mass is 9.91. The zero-order chi connectivity index (χ0) is 18.7. The summed E-state index contributed by atoms with van der Waals surface area (Å²) < 4.78 is 14.1. The SMILES string of the molecule is NC(=O)C(Cc1cncc(-c2cc(Cl)ccc2F)c1)c1ccccc1Cl. The second kappa shape index (κ2) is 7.85. The third-order valence-electron chi connectivity index (χ3n) is 4.10. The van der Waals surface area contributed by atoms with Crippen molar-refractivity contribution in [2.24, 2.45) is 5.73 Å². The van der Waals surface area contributed by atoms with Crippen LogP contribution in [0.2, 0.25) is 10.0 Å². The molecule has 1 aromatic heterocycles. The van der Waals surface area contributed by atoms with E-state index in [-0.39, 0.29) is 0 Å². The summed E-state index contributed by atoms with van der Waals surface area (Å²) in [6, 6.07) is 13.2. The fraction of sp³-hybridized carbons (Fsp3) is 0.100. The molecule has 0 fully saturated rings. The average Bonchev–Trinajstić information content (AvgIpc) is 2.62. The molecule has 0 aliphatic rings. The van der Waals surface area contributed by atoms with E-state index in [1.54, 1.807) is 42.7 Å². The van der Waals surface area contributed by atoms with Crippen LogP contribution >= 0.6 is 23.2 Å². The smallest absolute Gasteiger partial charge is 0.225 e. The summed E-state index contributed by atoms with van der Waals surface area (Å²) in [4.78, 5) is 16.1. The second-order valence-electron chi connectivity index (χ2n) is 5.89. The third kappa shape index (κ3) is 4.03. The maximum atomic E-state index is 14.1. The van der Waals surface area contributed by atoms with Crippen molar-refractivity contribution in [3.63, 3.8) is 0 Å². The predicted octanol–water partition coefficient (Wildman–Crippen LogP) is 5.01. The lowest BCUT2D eigenvalue weighted by Crippen LogP contribution is -2.23. The van der Waals surface area contributed by atoms with E-state index in [2.05, 4.69) is 4.98 Å². The van der Waals surface area contributed by atoms with Crippen LogP contribution in [0.5, 0.6) is 0 Å². The Morgan fingerprint density at radius 1 is 1.12 bits per heavy atom. The topological polar surface area (TPSA) is 56.0 Å². The molecule has 1 atom stereocenters. The van der Waals surface area contributed by atoms with Gasteiger partial charge in [-0.1, -0.05) is 41.4 Å². The maximum absolute atomic E-state index is 14.1. The van der Waals surface area contributed by atoms with Gasteiger partial charge in [0.15, 0.2) is 0 Å². The monoisotopic (exact) mass is 388 g/mol. The van der Waals surface area contributed by atoms with Gasteiger partial charge in [0.25, 0.3) is 0 Å². The molecule has 0 bridgehead atoms. The van der Waals surface area contributed by atoms with Gasteiger partial charge in [-0.05, 0) is 47.9 Å². The van der Waals surface area contributed by atoms with Crippen molar-refractivity contribution in [3.05, 3.63) is 87.9 Å². The molecule has 3 nitrogen and oxygen atoms in total. The van der Waals surface area contributed by atoms with Crippen molar-refractivity contribution in [2.45, 2.75) is 12.3 Å². The van der Waals surface area contributed by atoms with Crippen LogP contribution in [-0.2, 0) is 11.2 Å². The van der Waals surface area contributed by atoms with Gasteiger partial charge < -0.3 is 5.73 Å². The van der Waals surface area contributed by atoms with Crippen LogP contribution in [-0.4, -0.2) is 10.9 Å². The van der Waals surface area contributed by atoms with E-state index >= 15 is 0 Å². The van der Waals surface area contributed by atoms with Crippen LogP contribution in [0.15, 0.2) is 60.9 Å². The zero-order valence-corrected chi connectivity index (χ0v) is 15.1. The van der Waals surface area contributed by atoms with Crippen molar-refractivity contribution in [1.29, 1.82) is 0 Å². The van der Waals surface area contributed by atoms with Crippen LogP contribution in [0.3, 0.4) is 0 Å². The molecule has 0 saturated carbocycles. The summed E-state index contributed by atoms with van der Waals surface area (Å²) in [6.45, 7) is 0. The molecular formula is C20H15Cl2FN2O. The highest BCUT2D eigenvalue weighted by atomic mass is 35.5. The molecule has 0 spiro atoms. The molecule has 2 aromatic carbocycles. The number of primary amides is 1. The number of rotatable bonds is 5. The second-order valence-corrected chi connectivity index (χ2v) is 6.73.